The van der Waals surface area contributed by atoms with Gasteiger partial charge in [0, 0.05) is 6.42 Å². The topological polar surface area (TPSA) is 17.1 Å². The summed E-state index contributed by atoms with van der Waals surface area (Å²) in [6.07, 6.45) is 1.15. The molecule has 0 aromatic carbocycles. The fraction of sp³-hybridized carbons (Fsp3) is 0.333. The van der Waals surface area contributed by atoms with Crippen LogP contribution >= 0.6 is 0 Å². The molecule has 0 saturated heterocycles. The van der Waals surface area contributed by atoms with E-state index in [-0.39, 0.29) is 51.4 Å². The third-order valence-electron chi connectivity index (χ3n) is 0.118. The summed E-state index contributed by atoms with van der Waals surface area (Å²) in [7, 11) is 0. The second-order valence-corrected chi connectivity index (χ2v) is 0.455. The maximum atomic E-state index is 9.11. The molecule has 5 heavy (non-hydrogen) atoms. The summed E-state index contributed by atoms with van der Waals surface area (Å²) in [6, 6.07) is 0. The molecule has 1 nitrogen and oxygen atoms in total. The predicted molar refractivity (Wildman–Crippen MR) is 23.2 cm³/mol. The molecule has 0 amide bonds. The molecule has 25 valence electrons. The van der Waals surface area contributed by atoms with E-state index < -0.39 is 0 Å². The Labute approximate surface area is 74.6 Å². The van der Waals surface area contributed by atoms with Gasteiger partial charge in [0.05, 0.1) is 0 Å². The summed E-state index contributed by atoms with van der Waals surface area (Å²) in [5.74, 6) is 0. The van der Waals surface area contributed by atoms with Crippen molar-refractivity contribution in [3.8, 4) is 0 Å². The molecule has 0 aliphatic carbocycles. The van der Waals surface area contributed by atoms with E-state index in [1.54, 1.807) is 0 Å². The van der Waals surface area contributed by atoms with Gasteiger partial charge in [0.15, 0.2) is 0 Å². The Hall–Kier alpha value is 1.31. The second-order valence-electron chi connectivity index (χ2n) is 0.455. The van der Waals surface area contributed by atoms with Gasteiger partial charge in [-0.05, 0) is 6.92 Å². The Balaban J connectivity index is 0. The van der Waals surface area contributed by atoms with Crippen LogP contribution in [0.5, 0.6) is 0 Å². The summed E-state index contributed by atoms with van der Waals surface area (Å²) in [5.41, 5.74) is 0. The van der Waals surface area contributed by atoms with Crippen LogP contribution < -0.4 is 0 Å². The zero-order valence-corrected chi connectivity index (χ0v) is 2.40. The average Bonchev–Trinajstić information content (AvgIpc) is 1.37. The Bertz CT molecular complexity index is 20.9. The summed E-state index contributed by atoms with van der Waals surface area (Å²) >= 11 is 0. The molecule has 0 spiro atoms. The summed E-state index contributed by atoms with van der Waals surface area (Å²) in [4.78, 5) is 9.11. The van der Waals surface area contributed by atoms with Crippen LogP contribution in [-0.4, -0.2) is 57.7 Å². The first-order valence-electron chi connectivity index (χ1n) is 1.14. The van der Waals surface area contributed by atoms with Crippen molar-refractivity contribution in [2.24, 2.45) is 0 Å². The summed E-state index contributed by atoms with van der Waals surface area (Å²) < 4.78 is 0. The molecule has 0 saturated carbocycles. The van der Waals surface area contributed by atoms with Crippen LogP contribution in [0.25, 0.3) is 0 Å². The predicted octanol–water partition coefficient (Wildman–Crippen LogP) is -0.239. The van der Waals surface area contributed by atoms with Gasteiger partial charge in [-0.25, -0.2) is 0 Å². The van der Waals surface area contributed by atoms with Crippen LogP contribution in [0.3, 0.4) is 0 Å². The number of carbonyl (C=O) groups is 1. The molecular formula is C3H6KO. The van der Waals surface area contributed by atoms with E-state index in [2.05, 4.69) is 6.92 Å². The molecule has 0 heterocycles. The van der Waals surface area contributed by atoms with E-state index >= 15 is 0 Å². The average molecular weight is 97.2 g/mol. The van der Waals surface area contributed by atoms with Gasteiger partial charge in [-0.1, -0.05) is 0 Å². The van der Waals surface area contributed by atoms with Crippen LogP contribution in [0.4, 0.5) is 0 Å². The van der Waals surface area contributed by atoms with E-state index in [1.807, 2.05) is 0 Å². The van der Waals surface area contributed by atoms with Crippen LogP contribution in [0, 0.1) is 6.92 Å². The molecule has 1 radical (unpaired) electrons. The molecule has 0 aromatic rings. The maximum absolute atomic E-state index is 9.11. The van der Waals surface area contributed by atoms with Gasteiger partial charge in [0.2, 0.25) is 0 Å². The summed E-state index contributed by atoms with van der Waals surface area (Å²) in [5, 5.41) is 0. The molecule has 0 aromatic heterocycles. The van der Waals surface area contributed by atoms with Crippen LogP contribution in [-0.2, 0) is 4.79 Å². The number of carbonyl (C=O) groups excluding carboxylic acids is 1. The molecule has 0 aliphatic rings. The van der Waals surface area contributed by atoms with Gasteiger partial charge >= 0.3 is 51.4 Å². The van der Waals surface area contributed by atoms with E-state index in [9.17, 15) is 0 Å². The number of rotatable bonds is 1. The Morgan fingerprint density at radius 1 is 1.80 bits per heavy atom. The second kappa shape index (κ2) is 9.00. The Kier molecular flexibility index (Phi) is 17.2. The van der Waals surface area contributed by atoms with E-state index in [0.717, 1.165) is 6.29 Å². The van der Waals surface area contributed by atoms with Crippen LogP contribution in [0.2, 0.25) is 0 Å². The number of aldehydes is 1. The molecule has 0 aliphatic heterocycles. The first kappa shape index (κ1) is 9.58. The molecule has 0 fully saturated rings. The van der Waals surface area contributed by atoms with Gasteiger partial charge in [-0.15, -0.1) is 0 Å². The van der Waals surface area contributed by atoms with Gasteiger partial charge in [0.25, 0.3) is 0 Å². The molecule has 0 unspecified atom stereocenters. The van der Waals surface area contributed by atoms with Gasteiger partial charge in [-0.3, -0.25) is 0 Å². The first-order valence-corrected chi connectivity index (χ1v) is 1.14. The normalized spacial score (nSPS) is 5.00. The molecule has 0 N–H and O–H groups in total. The van der Waals surface area contributed by atoms with Crippen molar-refractivity contribution in [3.63, 3.8) is 0 Å². The van der Waals surface area contributed by atoms with Crippen molar-refractivity contribution in [3.05, 3.63) is 6.92 Å². The quantitative estimate of drug-likeness (QED) is 0.326. The SMILES string of the molecule is [CH2]CC=O.[KH]. The van der Waals surface area contributed by atoms with Crippen molar-refractivity contribution in [2.75, 3.05) is 0 Å². The van der Waals surface area contributed by atoms with Crippen molar-refractivity contribution in [1.29, 1.82) is 0 Å². The zero-order chi connectivity index (χ0) is 3.41. The minimum atomic E-state index is 0. The van der Waals surface area contributed by atoms with Crippen LogP contribution in [0.1, 0.15) is 6.42 Å². The minimum absolute atomic E-state index is 0. The van der Waals surface area contributed by atoms with Gasteiger partial charge in [-0.2, -0.15) is 0 Å². The third-order valence-corrected chi connectivity index (χ3v) is 0.118. The molecular weight excluding hydrogens is 91.1 g/mol. The van der Waals surface area contributed by atoms with Crippen molar-refractivity contribution in [1.82, 2.24) is 0 Å². The number of hydrogen-bond acceptors (Lipinski definition) is 1. The van der Waals surface area contributed by atoms with Gasteiger partial charge in [0.1, 0.15) is 6.29 Å². The monoisotopic (exact) mass is 97.0 g/mol. The van der Waals surface area contributed by atoms with Crippen molar-refractivity contribution >= 4 is 57.7 Å². The van der Waals surface area contributed by atoms with Gasteiger partial charge < -0.3 is 4.79 Å². The van der Waals surface area contributed by atoms with Crippen molar-refractivity contribution < 1.29 is 4.79 Å². The third kappa shape index (κ3) is 10.9. The van der Waals surface area contributed by atoms with Crippen LogP contribution in [0.15, 0.2) is 0 Å². The van der Waals surface area contributed by atoms with Crippen molar-refractivity contribution in [2.45, 2.75) is 6.42 Å². The molecule has 0 atom stereocenters. The summed E-state index contributed by atoms with van der Waals surface area (Å²) in [6.45, 7) is 3.24. The first-order chi connectivity index (χ1) is 1.91. The fourth-order valence-electron chi connectivity index (χ4n) is 0. The molecule has 2 heteroatoms. The fourth-order valence-corrected chi connectivity index (χ4v) is 0. The molecule has 0 rings (SSSR count). The number of hydrogen-bond donors (Lipinski definition) is 0. The van der Waals surface area contributed by atoms with E-state index in [4.69, 9.17) is 4.79 Å². The zero-order valence-electron chi connectivity index (χ0n) is 2.40. The molecule has 0 bridgehead atoms. The Morgan fingerprint density at radius 3 is 2.00 bits per heavy atom. The standard InChI is InChI=1S/C3H5O.K.H/c1-2-3-4;;/h3H,1-2H2;;. The van der Waals surface area contributed by atoms with E-state index in [1.165, 1.54) is 0 Å². The Morgan fingerprint density at radius 2 is 2.00 bits per heavy atom. The van der Waals surface area contributed by atoms with E-state index in [0.29, 0.717) is 6.42 Å².